The van der Waals surface area contributed by atoms with Gasteiger partial charge >= 0.3 is 0 Å². The molecule has 0 fully saturated rings. The van der Waals surface area contributed by atoms with E-state index >= 15 is 0 Å². The summed E-state index contributed by atoms with van der Waals surface area (Å²) >= 11 is 0. The van der Waals surface area contributed by atoms with Gasteiger partial charge in [0.1, 0.15) is 0 Å². The third kappa shape index (κ3) is 2.57. The van der Waals surface area contributed by atoms with Crippen LogP contribution in [0, 0.1) is 16.7 Å². The van der Waals surface area contributed by atoms with Gasteiger partial charge in [-0.1, -0.05) is 51.5 Å². The van der Waals surface area contributed by atoms with Crippen molar-refractivity contribution >= 4 is 0 Å². The van der Waals surface area contributed by atoms with Crippen molar-refractivity contribution in [1.82, 2.24) is 0 Å². The Hall–Kier alpha value is -0.560. The molecule has 0 aromatic heterocycles. The topological polar surface area (TPSA) is 20.2 Å². The number of hydrogen-bond acceptors (Lipinski definition) is 1. The maximum absolute atomic E-state index is 9.67. The van der Waals surface area contributed by atoms with Crippen molar-refractivity contribution < 1.29 is 5.11 Å². The summed E-state index contributed by atoms with van der Waals surface area (Å²) in [6.45, 7) is 12.8. The number of aliphatic hydroxyl groups is 1. The van der Waals surface area contributed by atoms with Crippen molar-refractivity contribution in [2.24, 2.45) is 16.7 Å². The van der Waals surface area contributed by atoms with E-state index in [-0.39, 0.29) is 16.9 Å². The fraction of sp³-hybridized carbons (Fsp3) is 0.733. The highest BCUT2D eigenvalue weighted by Crippen LogP contribution is 2.44. The standard InChI is InChI=1S/C15H26O/c1-11-7-8-13(15(11,5)6)9-10-14(3,4)12(2)16/h7,9-10,12-13,16H,8H2,1-6H3/t12-,13?/m0/s1. The second-order valence-electron chi connectivity index (χ2n) is 6.31. The van der Waals surface area contributed by atoms with E-state index in [1.165, 1.54) is 5.57 Å². The van der Waals surface area contributed by atoms with E-state index in [1.54, 1.807) is 0 Å². The number of allylic oxidation sites excluding steroid dienone is 3. The van der Waals surface area contributed by atoms with Gasteiger partial charge in [-0.2, -0.15) is 0 Å². The van der Waals surface area contributed by atoms with Gasteiger partial charge in [0.2, 0.25) is 0 Å². The van der Waals surface area contributed by atoms with Gasteiger partial charge in [-0.15, -0.1) is 0 Å². The van der Waals surface area contributed by atoms with Crippen LogP contribution in [0.2, 0.25) is 0 Å². The molecule has 0 aliphatic heterocycles. The number of rotatable bonds is 3. The Balaban J connectivity index is 2.74. The Morgan fingerprint density at radius 3 is 2.44 bits per heavy atom. The molecule has 16 heavy (non-hydrogen) atoms. The van der Waals surface area contributed by atoms with Crippen LogP contribution >= 0.6 is 0 Å². The normalized spacial score (nSPS) is 27.2. The summed E-state index contributed by atoms with van der Waals surface area (Å²) in [5.74, 6) is 0.575. The minimum absolute atomic E-state index is 0.132. The van der Waals surface area contributed by atoms with Crippen LogP contribution in [0.4, 0.5) is 0 Å². The summed E-state index contributed by atoms with van der Waals surface area (Å²) in [7, 11) is 0. The fourth-order valence-electron chi connectivity index (χ4n) is 1.98. The number of aliphatic hydroxyl groups excluding tert-OH is 1. The Labute approximate surface area is 100 Å². The Morgan fingerprint density at radius 2 is 2.06 bits per heavy atom. The lowest BCUT2D eigenvalue weighted by atomic mass is 9.76. The molecule has 1 rings (SSSR count). The summed E-state index contributed by atoms with van der Waals surface area (Å²) in [5.41, 5.74) is 1.62. The monoisotopic (exact) mass is 222 g/mol. The molecule has 0 heterocycles. The van der Waals surface area contributed by atoms with E-state index in [0.29, 0.717) is 5.92 Å². The molecule has 92 valence electrons. The van der Waals surface area contributed by atoms with Gasteiger partial charge in [-0.3, -0.25) is 0 Å². The van der Waals surface area contributed by atoms with Crippen LogP contribution in [0.5, 0.6) is 0 Å². The van der Waals surface area contributed by atoms with E-state index in [9.17, 15) is 5.11 Å². The van der Waals surface area contributed by atoms with Crippen LogP contribution in [0.3, 0.4) is 0 Å². The summed E-state index contributed by atoms with van der Waals surface area (Å²) in [6, 6.07) is 0. The van der Waals surface area contributed by atoms with Crippen molar-refractivity contribution in [3.05, 3.63) is 23.8 Å². The average molecular weight is 222 g/mol. The van der Waals surface area contributed by atoms with Gasteiger partial charge in [0, 0.05) is 5.41 Å². The predicted octanol–water partition coefficient (Wildman–Crippen LogP) is 3.94. The molecule has 0 amide bonds. The number of hydrogen-bond donors (Lipinski definition) is 1. The van der Waals surface area contributed by atoms with Crippen LogP contribution in [-0.2, 0) is 0 Å². The molecule has 0 spiro atoms. The zero-order valence-electron chi connectivity index (χ0n) is 11.5. The molecule has 2 atom stereocenters. The minimum Gasteiger partial charge on any atom is -0.393 e. The fourth-order valence-corrected chi connectivity index (χ4v) is 1.98. The van der Waals surface area contributed by atoms with Crippen molar-refractivity contribution in [2.45, 2.75) is 54.1 Å². The largest absolute Gasteiger partial charge is 0.393 e. The summed E-state index contributed by atoms with van der Waals surface area (Å²) in [6.07, 6.45) is 7.63. The lowest BCUT2D eigenvalue weighted by molar-refractivity contribution is 0.0989. The second kappa shape index (κ2) is 4.37. The minimum atomic E-state index is -0.303. The first-order chi connectivity index (χ1) is 7.18. The summed E-state index contributed by atoms with van der Waals surface area (Å²) < 4.78 is 0. The van der Waals surface area contributed by atoms with E-state index in [1.807, 2.05) is 6.92 Å². The second-order valence-corrected chi connectivity index (χ2v) is 6.31. The van der Waals surface area contributed by atoms with Crippen LogP contribution in [0.1, 0.15) is 48.0 Å². The molecule has 0 saturated carbocycles. The molecule has 0 aromatic carbocycles. The highest BCUT2D eigenvalue weighted by molar-refractivity contribution is 5.22. The van der Waals surface area contributed by atoms with Gasteiger partial charge in [-0.25, -0.2) is 0 Å². The third-order valence-electron chi connectivity index (χ3n) is 4.46. The van der Waals surface area contributed by atoms with E-state index in [2.05, 4.69) is 52.8 Å². The molecule has 1 unspecified atom stereocenters. The van der Waals surface area contributed by atoms with Crippen molar-refractivity contribution in [3.63, 3.8) is 0 Å². The van der Waals surface area contributed by atoms with Gasteiger partial charge in [-0.05, 0) is 31.6 Å². The maximum atomic E-state index is 9.67. The average Bonchev–Trinajstić information content (AvgIpc) is 2.39. The first kappa shape index (κ1) is 13.5. The molecule has 1 aliphatic carbocycles. The smallest absolute Gasteiger partial charge is 0.0597 e. The molecular formula is C15H26O. The summed E-state index contributed by atoms with van der Waals surface area (Å²) in [4.78, 5) is 0. The van der Waals surface area contributed by atoms with Gasteiger partial charge in [0.05, 0.1) is 6.10 Å². The predicted molar refractivity (Wildman–Crippen MR) is 70.2 cm³/mol. The van der Waals surface area contributed by atoms with Gasteiger partial charge < -0.3 is 5.11 Å². The first-order valence-corrected chi connectivity index (χ1v) is 6.22. The quantitative estimate of drug-likeness (QED) is 0.717. The Morgan fingerprint density at radius 1 is 1.50 bits per heavy atom. The lowest BCUT2D eigenvalue weighted by Gasteiger charge is -2.29. The maximum Gasteiger partial charge on any atom is 0.0597 e. The molecule has 1 heteroatoms. The van der Waals surface area contributed by atoms with E-state index in [0.717, 1.165) is 6.42 Å². The summed E-state index contributed by atoms with van der Waals surface area (Å²) in [5, 5.41) is 9.67. The van der Waals surface area contributed by atoms with Crippen LogP contribution in [-0.4, -0.2) is 11.2 Å². The van der Waals surface area contributed by atoms with Crippen LogP contribution < -0.4 is 0 Å². The van der Waals surface area contributed by atoms with Gasteiger partial charge in [0.15, 0.2) is 0 Å². The highest BCUT2D eigenvalue weighted by atomic mass is 16.3. The van der Waals surface area contributed by atoms with Crippen molar-refractivity contribution in [1.29, 1.82) is 0 Å². The Bertz CT molecular complexity index is 305. The molecular weight excluding hydrogens is 196 g/mol. The zero-order chi connectivity index (χ0) is 12.6. The third-order valence-corrected chi connectivity index (χ3v) is 4.46. The molecule has 1 aliphatic rings. The van der Waals surface area contributed by atoms with E-state index < -0.39 is 0 Å². The van der Waals surface area contributed by atoms with Gasteiger partial charge in [0.25, 0.3) is 0 Å². The van der Waals surface area contributed by atoms with Crippen LogP contribution in [0.15, 0.2) is 23.8 Å². The highest BCUT2D eigenvalue weighted by Gasteiger charge is 2.33. The molecule has 0 aromatic rings. The van der Waals surface area contributed by atoms with E-state index in [4.69, 9.17) is 0 Å². The molecule has 1 nitrogen and oxygen atoms in total. The zero-order valence-corrected chi connectivity index (χ0v) is 11.5. The van der Waals surface area contributed by atoms with Crippen LogP contribution in [0.25, 0.3) is 0 Å². The molecule has 0 radical (unpaired) electrons. The Kier molecular flexibility index (Phi) is 3.69. The molecule has 1 N–H and O–H groups in total. The lowest BCUT2D eigenvalue weighted by Crippen LogP contribution is -2.25. The molecule has 0 saturated heterocycles. The first-order valence-electron chi connectivity index (χ1n) is 6.22. The van der Waals surface area contributed by atoms with Crippen molar-refractivity contribution in [2.75, 3.05) is 0 Å². The molecule has 0 bridgehead atoms. The van der Waals surface area contributed by atoms with Crippen molar-refractivity contribution in [3.8, 4) is 0 Å². The SMILES string of the molecule is CC1=CCC(C=CC(C)(C)[C@H](C)O)C1(C)C.